The van der Waals surface area contributed by atoms with Crippen LogP contribution in [0.25, 0.3) is 0 Å². The van der Waals surface area contributed by atoms with E-state index in [4.69, 9.17) is 37.9 Å². The van der Waals surface area contributed by atoms with Crippen molar-refractivity contribution in [1.29, 1.82) is 0 Å². The average Bonchev–Trinajstić information content (AvgIpc) is 3.37. The zero-order valence-electron chi connectivity index (χ0n) is 45.4. The molecule has 0 radical (unpaired) electrons. The van der Waals surface area contributed by atoms with Gasteiger partial charge < -0.3 is 109 Å². The van der Waals surface area contributed by atoms with E-state index in [9.17, 15) is 76.3 Å². The van der Waals surface area contributed by atoms with E-state index >= 15 is 0 Å². The van der Waals surface area contributed by atoms with Gasteiger partial charge in [0.05, 0.1) is 38.1 Å². The molecule has 9 aliphatic rings. The van der Waals surface area contributed by atoms with Crippen LogP contribution in [0.15, 0.2) is 11.6 Å². The summed E-state index contributed by atoms with van der Waals surface area (Å²) in [7, 11) is 0. The third kappa shape index (κ3) is 9.80. The van der Waals surface area contributed by atoms with E-state index in [1.54, 1.807) is 0 Å². The smallest absolute Gasteiger partial charge is 0.335 e. The van der Waals surface area contributed by atoms with Gasteiger partial charge in [-0.3, -0.25) is 0 Å². The van der Waals surface area contributed by atoms with Gasteiger partial charge in [0, 0.05) is 5.41 Å². The molecule has 2 unspecified atom stereocenters. The summed E-state index contributed by atoms with van der Waals surface area (Å²) in [5, 5.41) is 151. The Labute approximate surface area is 449 Å². The Morgan fingerprint density at radius 3 is 1.79 bits per heavy atom. The van der Waals surface area contributed by atoms with Gasteiger partial charge in [0.15, 0.2) is 31.3 Å². The molecule has 8 fully saturated rings. The van der Waals surface area contributed by atoms with E-state index in [1.165, 1.54) is 12.5 Å². The second kappa shape index (κ2) is 21.5. The quantitative estimate of drug-likeness (QED) is 0.0783. The van der Waals surface area contributed by atoms with Crippen LogP contribution in [0.1, 0.15) is 113 Å². The first-order valence-corrected chi connectivity index (χ1v) is 27.8. The summed E-state index contributed by atoms with van der Waals surface area (Å²) in [6.45, 7) is 15.7. The second-order valence-electron chi connectivity index (χ2n) is 26.4. The summed E-state index contributed by atoms with van der Waals surface area (Å²) in [6.07, 6.45) is -25.8. The number of allylic oxidation sites excluding steroid dienone is 2. The van der Waals surface area contributed by atoms with Crippen molar-refractivity contribution in [3.8, 4) is 0 Å². The van der Waals surface area contributed by atoms with Crippen molar-refractivity contribution in [3.05, 3.63) is 11.6 Å². The zero-order valence-corrected chi connectivity index (χ0v) is 45.4. The van der Waals surface area contributed by atoms with Crippen LogP contribution in [0.2, 0.25) is 0 Å². The number of carboxylic acid groups (broad SMARTS) is 1. The van der Waals surface area contributed by atoms with Gasteiger partial charge in [-0.2, -0.15) is 0 Å². The minimum atomic E-state index is -2.07. The predicted molar refractivity (Wildman–Crippen MR) is 263 cm³/mol. The lowest BCUT2D eigenvalue weighted by atomic mass is 9.33. The number of ether oxygens (including phenoxy) is 8. The molecule has 23 heteroatoms. The third-order valence-electron chi connectivity index (χ3n) is 21.7. The molecule has 77 heavy (non-hydrogen) atoms. The van der Waals surface area contributed by atoms with Gasteiger partial charge in [-0.1, -0.05) is 60.1 Å². The number of carboxylic acids is 1. The molecule has 0 aromatic carbocycles. The van der Waals surface area contributed by atoms with Crippen LogP contribution in [-0.4, -0.2) is 232 Å². The van der Waals surface area contributed by atoms with Crippen LogP contribution in [0, 0.1) is 50.2 Å². The van der Waals surface area contributed by atoms with Gasteiger partial charge in [-0.05, 0) is 110 Å². The summed E-state index contributed by atoms with van der Waals surface area (Å²) in [4.78, 5) is 12.6. The van der Waals surface area contributed by atoms with Gasteiger partial charge in [0.1, 0.15) is 85.5 Å². The Hall–Kier alpha value is -1.63. The van der Waals surface area contributed by atoms with Gasteiger partial charge in [-0.15, -0.1) is 0 Å². The zero-order chi connectivity index (χ0) is 56.4. The monoisotopic (exact) mass is 1100 g/mol. The molecule has 0 aromatic rings. The number of hydrogen-bond acceptors (Lipinski definition) is 22. The molecule has 0 aromatic heterocycles. The van der Waals surface area contributed by atoms with Gasteiger partial charge >= 0.3 is 5.97 Å². The largest absolute Gasteiger partial charge is 0.479 e. The summed E-state index contributed by atoms with van der Waals surface area (Å²) < 4.78 is 48.3. The normalized spacial score (nSPS) is 55.7. The molecule has 4 aliphatic heterocycles. The first-order valence-electron chi connectivity index (χ1n) is 27.8. The topological polar surface area (TPSA) is 374 Å². The Morgan fingerprint density at radius 2 is 1.16 bits per heavy atom. The predicted octanol–water partition coefficient (Wildman–Crippen LogP) is -1.47. The summed E-state index contributed by atoms with van der Waals surface area (Å²) in [5.74, 6) is -1.34. The van der Waals surface area contributed by atoms with Crippen molar-refractivity contribution in [2.45, 2.75) is 248 Å². The molecule has 0 spiro atoms. The highest BCUT2D eigenvalue weighted by atomic mass is 16.8. The summed E-state index contributed by atoms with van der Waals surface area (Å²) in [5.41, 5.74) is -0.953. The van der Waals surface area contributed by atoms with E-state index in [-0.39, 0.29) is 40.6 Å². The number of aliphatic hydroxyl groups is 13. The Bertz CT molecular complexity index is 2130. The van der Waals surface area contributed by atoms with Crippen molar-refractivity contribution in [2.24, 2.45) is 50.2 Å². The standard InChI is InChI=1S/C54H88O23/c1-22-31(58)34(61)40(67)46(71-22)76-42-36(63)33(60)26(20-56)73-47(42)77-43-38(65)37(64)41(44(68)69)75-48(43)74-30-12-13-52(6)27(49(30,2)3)11-14-54(8)28(52)10-9-23-24-17-50(4,18-29(57)51(24,5)15-16-53(23,54)7)21-70-45-39(66)35(62)32(59)25(19-55)72-45/h9,22,24-43,45-48,55-67H,10-21H2,1-8H3,(H,68,69)/t22-,24-,25+,26+,27?,28?,29+,30-,31-,32+,33-,34+,35-,36-,37-,38-,39+,40+,41-,42+,43+,45+,46-,47-,48+,50+,51+,52-,53+,54+/m0/s1. The Balaban J connectivity index is 0.950. The number of fused-ring (bicyclic) bond motifs is 7. The van der Waals surface area contributed by atoms with E-state index < -0.39 is 170 Å². The minimum absolute atomic E-state index is 0.00653. The van der Waals surface area contributed by atoms with Crippen molar-refractivity contribution in [2.75, 3.05) is 19.8 Å². The maximum atomic E-state index is 12.6. The number of hydrogen-bond donors (Lipinski definition) is 14. The fourth-order valence-electron chi connectivity index (χ4n) is 16.6. The van der Waals surface area contributed by atoms with E-state index in [1.807, 2.05) is 0 Å². The number of rotatable bonds is 12. The Kier molecular flexibility index (Phi) is 16.8. The lowest BCUT2D eigenvalue weighted by molar-refractivity contribution is -0.395. The molecule has 4 heterocycles. The SMILES string of the molecule is C[C@@H]1O[C@@H](O[C@H]2[C@H](O[C@H]3[C@H](O[C@H]4CC[C@@]5(C)C(CC[C@]6(C)C5CC=C5[C@@H]7C[C@@](C)(CO[C@@H]8O[C@H](CO)[C@@H](O)[C@H](O)[C@H]8O)C[C@@H](O)[C@]7(C)CC[C@]56C)C4(C)C)O[C@H](C(=O)O)[C@@H](O)[C@@H]3O)O[C@H](CO)[C@H](O)[C@@H]2O)[C@H](O)[C@H](O)[C@H]1O. The second-order valence-corrected chi connectivity index (χ2v) is 26.4. The van der Waals surface area contributed by atoms with Gasteiger partial charge in [0.25, 0.3) is 0 Å². The molecule has 5 aliphatic carbocycles. The molecule has 4 saturated carbocycles. The van der Waals surface area contributed by atoms with Crippen LogP contribution in [-0.2, 0) is 42.7 Å². The molecular formula is C54H88O23. The first kappa shape index (κ1) is 60.0. The van der Waals surface area contributed by atoms with E-state index in [0.717, 1.165) is 32.1 Å². The van der Waals surface area contributed by atoms with Crippen molar-refractivity contribution < 1.29 is 114 Å². The van der Waals surface area contributed by atoms with Gasteiger partial charge in [-0.25, -0.2) is 4.79 Å². The van der Waals surface area contributed by atoms with Crippen LogP contribution in [0.4, 0.5) is 0 Å². The summed E-state index contributed by atoms with van der Waals surface area (Å²) >= 11 is 0. The lowest BCUT2D eigenvalue weighted by Crippen LogP contribution is -2.68. The molecule has 442 valence electrons. The molecule has 9 rings (SSSR count). The lowest BCUT2D eigenvalue weighted by Gasteiger charge is -2.72. The van der Waals surface area contributed by atoms with E-state index in [2.05, 4.69) is 54.5 Å². The van der Waals surface area contributed by atoms with Crippen molar-refractivity contribution >= 4 is 5.97 Å². The average molecular weight is 1110 g/mol. The molecule has 0 amide bonds. The fraction of sp³-hybridized carbons (Fsp3) is 0.944. The van der Waals surface area contributed by atoms with Crippen LogP contribution in [0.3, 0.4) is 0 Å². The summed E-state index contributed by atoms with van der Waals surface area (Å²) in [6, 6.07) is 0. The van der Waals surface area contributed by atoms with E-state index in [0.29, 0.717) is 25.7 Å². The molecule has 30 atom stereocenters. The number of aliphatic hydroxyl groups excluding tert-OH is 13. The number of aliphatic carboxylic acids is 1. The highest BCUT2D eigenvalue weighted by Gasteiger charge is 2.70. The molecule has 4 saturated heterocycles. The van der Waals surface area contributed by atoms with Crippen LogP contribution >= 0.6 is 0 Å². The van der Waals surface area contributed by atoms with Crippen LogP contribution < -0.4 is 0 Å². The number of carbonyl (C=O) groups is 1. The molecular weight excluding hydrogens is 1020 g/mol. The molecule has 14 N–H and O–H groups in total. The van der Waals surface area contributed by atoms with Crippen molar-refractivity contribution in [3.63, 3.8) is 0 Å². The highest BCUT2D eigenvalue weighted by molar-refractivity contribution is 5.73. The molecule has 23 nitrogen and oxygen atoms in total. The fourth-order valence-corrected chi connectivity index (χ4v) is 16.6. The third-order valence-corrected chi connectivity index (χ3v) is 21.7. The maximum Gasteiger partial charge on any atom is 0.335 e. The van der Waals surface area contributed by atoms with Gasteiger partial charge in [0.2, 0.25) is 0 Å². The highest BCUT2D eigenvalue weighted by Crippen LogP contribution is 2.76. The van der Waals surface area contributed by atoms with Crippen molar-refractivity contribution in [1.82, 2.24) is 0 Å². The minimum Gasteiger partial charge on any atom is -0.479 e. The molecule has 0 bridgehead atoms. The van der Waals surface area contributed by atoms with Crippen LogP contribution in [0.5, 0.6) is 0 Å². The Morgan fingerprint density at radius 1 is 0.584 bits per heavy atom. The first-order chi connectivity index (χ1) is 35.9. The maximum absolute atomic E-state index is 12.6.